The molecule has 2 aliphatic rings. The number of aromatic nitrogens is 4. The summed E-state index contributed by atoms with van der Waals surface area (Å²) in [5.74, 6) is 2.15. The molecule has 9 heteroatoms. The molecule has 1 spiro atoms. The number of nitrogens with zero attached hydrogens (tertiary/aromatic N) is 5. The van der Waals surface area contributed by atoms with E-state index in [4.69, 9.17) is 33.9 Å². The van der Waals surface area contributed by atoms with Gasteiger partial charge >= 0.3 is 0 Å². The van der Waals surface area contributed by atoms with Gasteiger partial charge in [0.25, 0.3) is 0 Å². The molecule has 0 amide bonds. The number of rotatable bonds is 3. The predicted molar refractivity (Wildman–Crippen MR) is 123 cm³/mol. The van der Waals surface area contributed by atoms with Gasteiger partial charge in [-0.25, -0.2) is 15.0 Å². The van der Waals surface area contributed by atoms with Gasteiger partial charge in [-0.1, -0.05) is 48.3 Å². The molecule has 1 saturated heterocycles. The van der Waals surface area contributed by atoms with Gasteiger partial charge in [-0.05, 0) is 43.1 Å². The molecule has 1 aliphatic heterocycles. The second kappa shape index (κ2) is 7.77. The lowest BCUT2D eigenvalue weighted by Gasteiger charge is -2.40. The average molecular weight is 463 g/mol. The molecule has 2 fully saturated rings. The van der Waals surface area contributed by atoms with E-state index in [2.05, 4.69) is 26.2 Å². The number of nitrogens with two attached hydrogens (primary N) is 1. The van der Waals surface area contributed by atoms with Gasteiger partial charge in [-0.3, -0.25) is 4.40 Å². The number of nitrogen functional groups attached to an aromatic ring is 1. The molecule has 30 heavy (non-hydrogen) atoms. The molecule has 6 nitrogen and oxygen atoms in total. The van der Waals surface area contributed by atoms with Crippen LogP contribution >= 0.6 is 35.0 Å². The van der Waals surface area contributed by atoms with Crippen LogP contribution in [0.5, 0.6) is 0 Å². The molecular formula is C21H24Cl2N6S. The van der Waals surface area contributed by atoms with Crippen LogP contribution in [0.3, 0.4) is 0 Å². The van der Waals surface area contributed by atoms with Gasteiger partial charge in [0.1, 0.15) is 5.82 Å². The SMILES string of the molecule is CC1CCC2(CCN(c3ncc(Sc4cc(N)nc(Cl)c4Cl)c4nccn34)CC2)C1. The first-order valence-electron chi connectivity index (χ1n) is 10.3. The number of pyridine rings is 1. The summed E-state index contributed by atoms with van der Waals surface area (Å²) in [4.78, 5) is 17.4. The lowest BCUT2D eigenvalue weighted by molar-refractivity contribution is 0.218. The van der Waals surface area contributed by atoms with E-state index in [1.165, 1.54) is 43.9 Å². The first-order valence-corrected chi connectivity index (χ1v) is 11.9. The predicted octanol–water partition coefficient (Wildman–Crippen LogP) is 5.57. The van der Waals surface area contributed by atoms with Crippen molar-refractivity contribution in [2.45, 2.75) is 48.8 Å². The van der Waals surface area contributed by atoms with Gasteiger partial charge in [0.15, 0.2) is 10.8 Å². The quantitative estimate of drug-likeness (QED) is 0.512. The average Bonchev–Trinajstić information content (AvgIpc) is 3.34. The van der Waals surface area contributed by atoms with Crippen molar-refractivity contribution in [3.05, 3.63) is 34.8 Å². The third-order valence-corrected chi connectivity index (χ3v) is 8.47. The molecule has 1 saturated carbocycles. The molecular weight excluding hydrogens is 439 g/mol. The summed E-state index contributed by atoms with van der Waals surface area (Å²) in [6.45, 7) is 4.48. The third kappa shape index (κ3) is 3.61. The maximum atomic E-state index is 6.34. The first kappa shape index (κ1) is 20.2. The van der Waals surface area contributed by atoms with E-state index in [-0.39, 0.29) is 5.15 Å². The lowest BCUT2D eigenvalue weighted by atomic mass is 9.76. The summed E-state index contributed by atoms with van der Waals surface area (Å²) in [6.07, 6.45) is 12.3. The van der Waals surface area contributed by atoms with Gasteiger partial charge in [0.2, 0.25) is 5.95 Å². The van der Waals surface area contributed by atoms with Gasteiger partial charge in [-0.15, -0.1) is 0 Å². The van der Waals surface area contributed by atoms with Crippen molar-refractivity contribution in [1.29, 1.82) is 0 Å². The van der Waals surface area contributed by atoms with Crippen LogP contribution in [0.2, 0.25) is 10.2 Å². The van der Waals surface area contributed by atoms with E-state index in [0.29, 0.717) is 16.3 Å². The second-order valence-corrected chi connectivity index (χ2v) is 10.5. The highest BCUT2D eigenvalue weighted by Gasteiger charge is 2.40. The highest BCUT2D eigenvalue weighted by Crippen LogP contribution is 2.49. The van der Waals surface area contributed by atoms with Crippen molar-refractivity contribution < 1.29 is 0 Å². The molecule has 1 unspecified atom stereocenters. The Morgan fingerprint density at radius 1 is 1.17 bits per heavy atom. The van der Waals surface area contributed by atoms with E-state index in [0.717, 1.165) is 40.4 Å². The monoisotopic (exact) mass is 462 g/mol. The molecule has 158 valence electrons. The second-order valence-electron chi connectivity index (χ2n) is 8.63. The van der Waals surface area contributed by atoms with Crippen LogP contribution in [-0.2, 0) is 0 Å². The Morgan fingerprint density at radius 2 is 1.97 bits per heavy atom. The van der Waals surface area contributed by atoms with Crippen molar-refractivity contribution in [1.82, 2.24) is 19.4 Å². The Hall–Kier alpha value is -1.70. The Kier molecular flexibility index (Phi) is 5.24. The van der Waals surface area contributed by atoms with Crippen LogP contribution < -0.4 is 10.6 Å². The molecule has 2 N–H and O–H groups in total. The van der Waals surface area contributed by atoms with E-state index < -0.39 is 0 Å². The summed E-state index contributed by atoms with van der Waals surface area (Å²) in [6, 6.07) is 1.72. The zero-order valence-electron chi connectivity index (χ0n) is 16.8. The van der Waals surface area contributed by atoms with E-state index in [1.807, 2.05) is 18.6 Å². The van der Waals surface area contributed by atoms with Gasteiger partial charge in [-0.2, -0.15) is 0 Å². The molecule has 5 rings (SSSR count). The summed E-state index contributed by atoms with van der Waals surface area (Å²) < 4.78 is 2.07. The van der Waals surface area contributed by atoms with Crippen molar-refractivity contribution in [3.8, 4) is 0 Å². The van der Waals surface area contributed by atoms with Crippen molar-refractivity contribution in [2.24, 2.45) is 11.3 Å². The molecule has 0 bridgehead atoms. The van der Waals surface area contributed by atoms with E-state index >= 15 is 0 Å². The summed E-state index contributed by atoms with van der Waals surface area (Å²) >= 11 is 13.9. The normalized spacial score (nSPS) is 21.0. The highest BCUT2D eigenvalue weighted by molar-refractivity contribution is 7.99. The maximum absolute atomic E-state index is 6.34. The van der Waals surface area contributed by atoms with Crippen LogP contribution in [0.4, 0.5) is 11.8 Å². The summed E-state index contributed by atoms with van der Waals surface area (Å²) in [5.41, 5.74) is 7.25. The number of hydrogen-bond donors (Lipinski definition) is 1. The zero-order chi connectivity index (χ0) is 20.9. The minimum absolute atomic E-state index is 0.201. The fourth-order valence-corrected chi connectivity index (χ4v) is 6.43. The van der Waals surface area contributed by atoms with Crippen LogP contribution in [0.25, 0.3) is 5.65 Å². The largest absolute Gasteiger partial charge is 0.384 e. The first-order chi connectivity index (χ1) is 14.4. The van der Waals surface area contributed by atoms with E-state index in [9.17, 15) is 0 Å². The Morgan fingerprint density at radius 3 is 2.70 bits per heavy atom. The Balaban J connectivity index is 1.41. The van der Waals surface area contributed by atoms with Crippen molar-refractivity contribution in [2.75, 3.05) is 23.7 Å². The minimum Gasteiger partial charge on any atom is -0.384 e. The molecule has 3 aromatic heterocycles. The van der Waals surface area contributed by atoms with Crippen LogP contribution in [0.1, 0.15) is 39.0 Å². The van der Waals surface area contributed by atoms with Crippen LogP contribution in [0, 0.1) is 11.3 Å². The fourth-order valence-electron chi connectivity index (χ4n) is 5.01. The number of hydrogen-bond acceptors (Lipinski definition) is 6. The number of halogens is 2. The van der Waals surface area contributed by atoms with Crippen LogP contribution in [0.15, 0.2) is 34.4 Å². The van der Waals surface area contributed by atoms with Crippen molar-refractivity contribution >= 4 is 52.4 Å². The number of imidazole rings is 1. The van der Waals surface area contributed by atoms with Gasteiger partial charge < -0.3 is 10.6 Å². The zero-order valence-corrected chi connectivity index (χ0v) is 19.1. The fraction of sp³-hybridized carbons (Fsp3) is 0.476. The highest BCUT2D eigenvalue weighted by atomic mass is 35.5. The number of fused-ring (bicyclic) bond motifs is 1. The molecule has 1 atom stereocenters. The molecule has 1 aliphatic carbocycles. The van der Waals surface area contributed by atoms with Crippen molar-refractivity contribution in [3.63, 3.8) is 0 Å². The summed E-state index contributed by atoms with van der Waals surface area (Å²) in [7, 11) is 0. The third-order valence-electron chi connectivity index (χ3n) is 6.55. The molecule has 0 radical (unpaired) electrons. The van der Waals surface area contributed by atoms with Crippen LogP contribution in [-0.4, -0.2) is 32.4 Å². The Bertz CT molecular complexity index is 1090. The number of piperidine rings is 1. The maximum Gasteiger partial charge on any atom is 0.211 e. The standard InChI is InChI=1S/C21H24Cl2N6S/c1-13-2-3-21(11-13)4-7-28(8-5-21)20-26-12-15(19-25-6-9-29(19)20)30-14-10-16(24)27-18(23)17(14)22/h6,9-10,12-13H,2-5,7-8,11H2,1H3,(H2,24,27). The topological polar surface area (TPSA) is 72.3 Å². The lowest BCUT2D eigenvalue weighted by Crippen LogP contribution is -2.40. The molecule has 3 aromatic rings. The molecule has 4 heterocycles. The number of anilines is 2. The Labute approximate surface area is 190 Å². The van der Waals surface area contributed by atoms with Gasteiger partial charge in [0, 0.05) is 36.6 Å². The van der Waals surface area contributed by atoms with E-state index in [1.54, 1.807) is 6.07 Å². The summed E-state index contributed by atoms with van der Waals surface area (Å²) in [5, 5.41) is 0.586. The smallest absolute Gasteiger partial charge is 0.211 e. The molecule has 0 aromatic carbocycles. The minimum atomic E-state index is 0.201. The van der Waals surface area contributed by atoms with Gasteiger partial charge in [0.05, 0.1) is 9.92 Å².